The van der Waals surface area contributed by atoms with E-state index in [9.17, 15) is 39.6 Å². The Balaban J connectivity index is 2.27. The molecule has 9 N–H and O–H groups in total. The average molecular weight is 545 g/mol. The lowest BCUT2D eigenvalue weighted by atomic mass is 9.99. The van der Waals surface area contributed by atoms with Crippen LogP contribution in [0, 0.1) is 5.92 Å². The predicted molar refractivity (Wildman–Crippen MR) is 142 cm³/mol. The molecule has 0 fully saturated rings. The number of carboxylic acid groups (broad SMARTS) is 1. The summed E-state index contributed by atoms with van der Waals surface area (Å²) in [6.45, 7) is 4.68. The molecule has 0 aliphatic heterocycles. The summed E-state index contributed by atoms with van der Waals surface area (Å²) in [5.74, 6) is -3.96. The van der Waals surface area contributed by atoms with Crippen molar-refractivity contribution in [3.63, 3.8) is 0 Å². The summed E-state index contributed by atoms with van der Waals surface area (Å²) >= 11 is 0. The Morgan fingerprint density at radius 1 is 0.718 bits per heavy atom. The number of phenols is 2. The smallest absolute Gasteiger partial charge is 0.326 e. The molecule has 0 aliphatic carbocycles. The molecule has 0 aliphatic rings. The van der Waals surface area contributed by atoms with E-state index in [2.05, 4.69) is 16.0 Å². The van der Waals surface area contributed by atoms with Crippen LogP contribution in [0.5, 0.6) is 11.5 Å². The highest BCUT2D eigenvalue weighted by molar-refractivity contribution is 5.94. The molecule has 2 aromatic carbocycles. The summed E-state index contributed by atoms with van der Waals surface area (Å²) in [6, 6.07) is 6.81. The van der Waals surface area contributed by atoms with Crippen LogP contribution in [-0.2, 0) is 32.0 Å². The predicted octanol–water partition coefficient (Wildman–Crippen LogP) is -0.214. The number of nitrogens with one attached hydrogen (secondary N) is 3. The van der Waals surface area contributed by atoms with E-state index in [0.29, 0.717) is 11.1 Å². The van der Waals surface area contributed by atoms with Gasteiger partial charge in [0.25, 0.3) is 0 Å². The Labute approximate surface area is 226 Å². The number of aliphatic hydroxyl groups is 1. The van der Waals surface area contributed by atoms with Gasteiger partial charge in [-0.05, 0) is 48.2 Å². The zero-order valence-corrected chi connectivity index (χ0v) is 22.0. The maximum Gasteiger partial charge on any atom is 0.326 e. The van der Waals surface area contributed by atoms with Gasteiger partial charge >= 0.3 is 5.97 Å². The summed E-state index contributed by atoms with van der Waals surface area (Å²) in [5.41, 5.74) is 6.80. The zero-order chi connectivity index (χ0) is 29.3. The second kappa shape index (κ2) is 14.1. The van der Waals surface area contributed by atoms with Crippen LogP contribution in [0.1, 0.15) is 31.9 Å². The van der Waals surface area contributed by atoms with Crippen LogP contribution in [0.15, 0.2) is 48.5 Å². The Morgan fingerprint density at radius 3 is 1.56 bits per heavy atom. The molecule has 0 bridgehead atoms. The number of aliphatic hydroxyl groups excluding tert-OH is 1. The third-order valence-electron chi connectivity index (χ3n) is 6.07. The molecule has 39 heavy (non-hydrogen) atoms. The molecule has 2 rings (SSSR count). The van der Waals surface area contributed by atoms with Gasteiger partial charge in [0.05, 0.1) is 6.10 Å². The molecule has 5 unspecified atom stereocenters. The monoisotopic (exact) mass is 544 g/mol. The van der Waals surface area contributed by atoms with E-state index >= 15 is 0 Å². The minimum Gasteiger partial charge on any atom is -0.508 e. The molecule has 0 spiro atoms. The van der Waals surface area contributed by atoms with Gasteiger partial charge in [-0.1, -0.05) is 38.1 Å². The van der Waals surface area contributed by atoms with Crippen molar-refractivity contribution in [3.05, 3.63) is 59.7 Å². The number of carbonyl (C=O) groups excluding carboxylic acids is 3. The first kappa shape index (κ1) is 31.1. The third-order valence-corrected chi connectivity index (χ3v) is 6.07. The van der Waals surface area contributed by atoms with Gasteiger partial charge in [-0.2, -0.15) is 0 Å². The van der Waals surface area contributed by atoms with E-state index in [0.717, 1.165) is 0 Å². The molecule has 0 saturated carbocycles. The van der Waals surface area contributed by atoms with Crippen molar-refractivity contribution in [1.29, 1.82) is 0 Å². The lowest BCUT2D eigenvalue weighted by Gasteiger charge is -2.27. The van der Waals surface area contributed by atoms with Gasteiger partial charge in [-0.3, -0.25) is 14.4 Å². The van der Waals surface area contributed by atoms with E-state index in [1.807, 2.05) is 0 Å². The second-order valence-electron chi connectivity index (χ2n) is 9.70. The number of hydrogen-bond donors (Lipinski definition) is 8. The summed E-state index contributed by atoms with van der Waals surface area (Å²) < 4.78 is 0. The number of amides is 3. The third kappa shape index (κ3) is 9.58. The number of nitrogens with two attached hydrogens (primary N) is 1. The molecular formula is C27H36N4O8. The summed E-state index contributed by atoms with van der Waals surface area (Å²) in [4.78, 5) is 50.9. The van der Waals surface area contributed by atoms with Crippen molar-refractivity contribution in [1.82, 2.24) is 16.0 Å². The molecule has 0 saturated heterocycles. The average Bonchev–Trinajstić information content (AvgIpc) is 2.87. The molecule has 0 aromatic heterocycles. The van der Waals surface area contributed by atoms with Crippen molar-refractivity contribution >= 4 is 23.7 Å². The van der Waals surface area contributed by atoms with E-state index in [1.54, 1.807) is 26.0 Å². The Kier molecular flexibility index (Phi) is 11.2. The summed E-state index contributed by atoms with van der Waals surface area (Å²) in [6.07, 6.45) is -1.28. The fraction of sp³-hybridized carbons (Fsp3) is 0.407. The number of aliphatic carboxylic acids is 1. The second-order valence-corrected chi connectivity index (χ2v) is 9.70. The van der Waals surface area contributed by atoms with Crippen LogP contribution in [0.4, 0.5) is 0 Å². The Hall–Kier alpha value is -4.16. The van der Waals surface area contributed by atoms with Crippen molar-refractivity contribution in [2.24, 2.45) is 11.7 Å². The highest BCUT2D eigenvalue weighted by Crippen LogP contribution is 2.14. The number of aromatic hydroxyl groups is 2. The summed E-state index contributed by atoms with van der Waals surface area (Å²) in [5, 5.41) is 45.9. The highest BCUT2D eigenvalue weighted by atomic mass is 16.4. The largest absolute Gasteiger partial charge is 0.508 e. The number of carboxylic acids is 1. The minimum atomic E-state index is -1.34. The van der Waals surface area contributed by atoms with Crippen molar-refractivity contribution in [2.45, 2.75) is 63.9 Å². The minimum absolute atomic E-state index is 0.000612. The molecule has 2 aromatic rings. The van der Waals surface area contributed by atoms with Crippen LogP contribution < -0.4 is 21.7 Å². The van der Waals surface area contributed by atoms with Crippen LogP contribution >= 0.6 is 0 Å². The molecule has 5 atom stereocenters. The molecule has 12 heteroatoms. The quantitative estimate of drug-likeness (QED) is 0.167. The lowest BCUT2D eigenvalue weighted by Crippen LogP contribution is -2.59. The first-order valence-electron chi connectivity index (χ1n) is 12.4. The number of carbonyl (C=O) groups is 4. The molecule has 0 radical (unpaired) electrons. The normalized spacial score (nSPS) is 14.9. The van der Waals surface area contributed by atoms with Crippen LogP contribution in [0.25, 0.3) is 0 Å². The van der Waals surface area contributed by atoms with Crippen molar-refractivity contribution in [3.8, 4) is 11.5 Å². The van der Waals surface area contributed by atoms with Gasteiger partial charge in [-0.25, -0.2) is 4.79 Å². The van der Waals surface area contributed by atoms with E-state index in [1.165, 1.54) is 43.3 Å². The number of rotatable bonds is 13. The van der Waals surface area contributed by atoms with Crippen LogP contribution in [0.3, 0.4) is 0 Å². The molecule has 3 amide bonds. The van der Waals surface area contributed by atoms with Gasteiger partial charge in [0, 0.05) is 12.8 Å². The van der Waals surface area contributed by atoms with Crippen LogP contribution in [0.2, 0.25) is 0 Å². The number of benzene rings is 2. The van der Waals surface area contributed by atoms with Gasteiger partial charge in [0.15, 0.2) is 0 Å². The number of phenolic OH excluding ortho intramolecular Hbond substituents is 2. The topological polar surface area (TPSA) is 211 Å². The first-order chi connectivity index (χ1) is 18.3. The maximum atomic E-state index is 13.3. The SMILES string of the molecule is CC(C)C(NC(=O)C(N)C(C)O)C(=O)NC(Cc1ccc(O)cc1)C(=O)NC(Cc1ccc(O)cc1)C(=O)O. The fourth-order valence-electron chi connectivity index (χ4n) is 3.68. The van der Waals surface area contributed by atoms with Crippen LogP contribution in [-0.4, -0.2) is 74.4 Å². The zero-order valence-electron chi connectivity index (χ0n) is 22.0. The molecular weight excluding hydrogens is 508 g/mol. The van der Waals surface area contributed by atoms with Gasteiger partial charge in [-0.15, -0.1) is 0 Å². The van der Waals surface area contributed by atoms with E-state index < -0.39 is 59.9 Å². The molecule has 0 heterocycles. The highest BCUT2D eigenvalue weighted by Gasteiger charge is 2.32. The van der Waals surface area contributed by atoms with E-state index in [-0.39, 0.29) is 24.3 Å². The Morgan fingerprint density at radius 2 is 1.15 bits per heavy atom. The fourth-order valence-corrected chi connectivity index (χ4v) is 3.68. The molecule has 12 nitrogen and oxygen atoms in total. The molecule has 212 valence electrons. The maximum absolute atomic E-state index is 13.3. The Bertz CT molecular complexity index is 1140. The van der Waals surface area contributed by atoms with Crippen molar-refractivity contribution < 1.29 is 39.6 Å². The number of hydrogen-bond acceptors (Lipinski definition) is 8. The van der Waals surface area contributed by atoms with E-state index in [4.69, 9.17) is 5.73 Å². The first-order valence-corrected chi connectivity index (χ1v) is 12.4. The lowest BCUT2D eigenvalue weighted by molar-refractivity contribution is -0.142. The summed E-state index contributed by atoms with van der Waals surface area (Å²) in [7, 11) is 0. The van der Waals surface area contributed by atoms with Gasteiger partial charge in [0.1, 0.15) is 35.7 Å². The van der Waals surface area contributed by atoms with Crippen molar-refractivity contribution in [2.75, 3.05) is 0 Å². The van der Waals surface area contributed by atoms with Gasteiger partial charge in [0.2, 0.25) is 17.7 Å². The van der Waals surface area contributed by atoms with Gasteiger partial charge < -0.3 is 42.1 Å². The standard InChI is InChI=1S/C27H36N4O8/c1-14(2)23(31-25(36)22(28)15(3)32)26(37)29-20(12-16-4-8-18(33)9-5-16)24(35)30-21(27(38)39)13-17-6-10-19(34)11-7-17/h4-11,14-15,20-23,32-34H,12-13,28H2,1-3H3,(H,29,37)(H,30,35)(H,31,36)(H,38,39).